The van der Waals surface area contributed by atoms with Gasteiger partial charge in [0, 0.05) is 0 Å². The van der Waals surface area contributed by atoms with E-state index in [4.69, 9.17) is 14.3 Å². The van der Waals surface area contributed by atoms with Crippen LogP contribution >= 0.6 is 0 Å². The number of nitrogens with zero attached hydrogens (tertiary/aromatic N) is 3. The Hall–Kier alpha value is -4.44. The second-order valence-electron chi connectivity index (χ2n) is 8.48. The number of hydroxylamine groups is 1. The molecule has 0 saturated carbocycles. The number of nitro benzene ring substituents is 1. The maximum atomic E-state index is 13.8. The molecule has 2 aliphatic heterocycles. The van der Waals surface area contributed by atoms with Crippen molar-refractivity contribution >= 4 is 28.9 Å². The molecule has 0 N–H and O–H groups in total. The molecular weight excluding hydrogens is 466 g/mol. The zero-order valence-electron chi connectivity index (χ0n) is 19.8. The molecule has 0 aromatic heterocycles. The minimum atomic E-state index is -1.16. The molecule has 5 rings (SSSR count). The molecule has 2 aliphatic rings. The number of carbonyl (C=O) groups excluding carboxylic acids is 2. The molecule has 3 atom stereocenters. The Kier molecular flexibility index (Phi) is 5.81. The van der Waals surface area contributed by atoms with Gasteiger partial charge in [-0.2, -0.15) is 0 Å². The van der Waals surface area contributed by atoms with Crippen molar-refractivity contribution in [1.29, 1.82) is 0 Å². The largest absolute Gasteiger partial charge is 0.493 e. The Balaban J connectivity index is 1.70. The minimum Gasteiger partial charge on any atom is -0.493 e. The van der Waals surface area contributed by atoms with Gasteiger partial charge in [0.25, 0.3) is 11.6 Å². The Morgan fingerprint density at radius 1 is 0.917 bits per heavy atom. The van der Waals surface area contributed by atoms with Crippen molar-refractivity contribution in [3.63, 3.8) is 0 Å². The van der Waals surface area contributed by atoms with Crippen LogP contribution in [-0.4, -0.2) is 37.1 Å². The van der Waals surface area contributed by atoms with Crippen molar-refractivity contribution in [2.24, 2.45) is 5.92 Å². The number of anilines is 2. The molecular formula is C26H23N3O7. The SMILES string of the molecule is COc1cc(C2C3C(=O)N(c4ccccc4C)C(=O)C3ON2c2ccccc2)c([N+](=O)[O-])cc1OC. The number of benzene rings is 3. The van der Waals surface area contributed by atoms with E-state index in [1.54, 1.807) is 49.4 Å². The van der Waals surface area contributed by atoms with Crippen LogP contribution in [0.25, 0.3) is 0 Å². The monoisotopic (exact) mass is 489 g/mol. The van der Waals surface area contributed by atoms with Gasteiger partial charge in [-0.15, -0.1) is 0 Å². The molecule has 184 valence electrons. The molecule has 3 aromatic rings. The minimum absolute atomic E-state index is 0.168. The lowest BCUT2D eigenvalue weighted by Crippen LogP contribution is -2.37. The van der Waals surface area contributed by atoms with Crippen LogP contribution in [0.4, 0.5) is 17.1 Å². The van der Waals surface area contributed by atoms with Crippen LogP contribution in [-0.2, 0) is 14.4 Å². The molecule has 0 aliphatic carbocycles. The molecule has 36 heavy (non-hydrogen) atoms. The molecule has 0 radical (unpaired) electrons. The highest BCUT2D eigenvalue weighted by atomic mass is 16.7. The number of amides is 2. The fraction of sp³-hybridized carbons (Fsp3) is 0.231. The number of methoxy groups -OCH3 is 2. The fourth-order valence-corrected chi connectivity index (χ4v) is 4.86. The summed E-state index contributed by atoms with van der Waals surface area (Å²) in [5.41, 5.74) is 1.63. The van der Waals surface area contributed by atoms with Gasteiger partial charge in [-0.05, 0) is 36.8 Å². The zero-order valence-corrected chi connectivity index (χ0v) is 19.8. The molecule has 0 spiro atoms. The summed E-state index contributed by atoms with van der Waals surface area (Å²) in [6.45, 7) is 1.80. The van der Waals surface area contributed by atoms with E-state index >= 15 is 0 Å². The standard InChI is InChI=1S/C26H23N3O7/c1-15-9-7-8-12-18(15)27-25(30)22-23(17-13-20(34-2)21(35-3)14-19(17)29(32)33)28(36-24(22)26(27)31)16-10-5-4-6-11-16/h4-14,22-24H,1-3H3. The van der Waals surface area contributed by atoms with Gasteiger partial charge in [-0.25, -0.2) is 9.96 Å². The highest BCUT2D eigenvalue weighted by molar-refractivity contribution is 6.24. The van der Waals surface area contributed by atoms with Crippen LogP contribution in [0.1, 0.15) is 17.2 Å². The number of carbonyl (C=O) groups is 2. The van der Waals surface area contributed by atoms with E-state index in [0.717, 1.165) is 10.5 Å². The van der Waals surface area contributed by atoms with Gasteiger partial charge in [0.1, 0.15) is 12.0 Å². The Morgan fingerprint density at radius 3 is 2.19 bits per heavy atom. The summed E-state index contributed by atoms with van der Waals surface area (Å²) in [7, 11) is 2.80. The molecule has 2 amide bonds. The maximum absolute atomic E-state index is 13.8. The average Bonchev–Trinajstić information content (AvgIpc) is 3.39. The summed E-state index contributed by atoms with van der Waals surface area (Å²) < 4.78 is 10.7. The normalized spacial score (nSPS) is 21.0. The molecule has 2 fully saturated rings. The van der Waals surface area contributed by atoms with Crippen LogP contribution in [0.3, 0.4) is 0 Å². The summed E-state index contributed by atoms with van der Waals surface area (Å²) >= 11 is 0. The number of fused-ring (bicyclic) bond motifs is 1. The van der Waals surface area contributed by atoms with E-state index in [2.05, 4.69) is 0 Å². The quantitative estimate of drug-likeness (QED) is 0.291. The van der Waals surface area contributed by atoms with Crippen molar-refractivity contribution in [3.8, 4) is 11.5 Å². The summed E-state index contributed by atoms with van der Waals surface area (Å²) in [4.78, 5) is 46.2. The van der Waals surface area contributed by atoms with E-state index in [1.807, 2.05) is 12.1 Å². The first kappa shape index (κ1) is 23.3. The Morgan fingerprint density at radius 2 is 1.56 bits per heavy atom. The summed E-state index contributed by atoms with van der Waals surface area (Å²) in [5.74, 6) is -1.63. The number of rotatable bonds is 6. The van der Waals surface area contributed by atoms with E-state index in [0.29, 0.717) is 11.4 Å². The van der Waals surface area contributed by atoms with Gasteiger partial charge in [0.15, 0.2) is 17.6 Å². The smallest absolute Gasteiger partial charge is 0.278 e. The third-order valence-corrected chi connectivity index (χ3v) is 6.53. The third-order valence-electron chi connectivity index (χ3n) is 6.53. The van der Waals surface area contributed by atoms with Gasteiger partial charge < -0.3 is 9.47 Å². The van der Waals surface area contributed by atoms with Gasteiger partial charge in [-0.3, -0.25) is 24.5 Å². The van der Waals surface area contributed by atoms with E-state index < -0.39 is 34.8 Å². The molecule has 10 nitrogen and oxygen atoms in total. The molecule has 0 bridgehead atoms. The predicted octanol–water partition coefficient (Wildman–Crippen LogP) is 3.97. The van der Waals surface area contributed by atoms with Crippen LogP contribution < -0.4 is 19.4 Å². The summed E-state index contributed by atoms with van der Waals surface area (Å²) in [6, 6.07) is 17.6. The van der Waals surface area contributed by atoms with Crippen molar-refractivity contribution in [1.82, 2.24) is 0 Å². The number of imide groups is 1. The fourth-order valence-electron chi connectivity index (χ4n) is 4.86. The number of para-hydroxylation sites is 2. The zero-order chi connectivity index (χ0) is 25.6. The first-order chi connectivity index (χ1) is 17.4. The summed E-state index contributed by atoms with van der Waals surface area (Å²) in [6.07, 6.45) is -1.16. The molecule has 2 saturated heterocycles. The van der Waals surface area contributed by atoms with Gasteiger partial charge in [0.05, 0.1) is 42.1 Å². The maximum Gasteiger partial charge on any atom is 0.278 e. The second kappa shape index (κ2) is 8.97. The van der Waals surface area contributed by atoms with E-state index in [1.165, 1.54) is 31.4 Å². The summed E-state index contributed by atoms with van der Waals surface area (Å²) in [5, 5.41) is 13.6. The lowest BCUT2D eigenvalue weighted by atomic mass is 9.89. The number of hydrogen-bond acceptors (Lipinski definition) is 8. The van der Waals surface area contributed by atoms with Gasteiger partial charge >= 0.3 is 0 Å². The average molecular weight is 489 g/mol. The molecule has 2 heterocycles. The van der Waals surface area contributed by atoms with Crippen LogP contribution in [0.2, 0.25) is 0 Å². The lowest BCUT2D eigenvalue weighted by Gasteiger charge is -2.29. The van der Waals surface area contributed by atoms with Crippen LogP contribution in [0.15, 0.2) is 66.7 Å². The number of nitro groups is 1. The predicted molar refractivity (Wildman–Crippen MR) is 130 cm³/mol. The van der Waals surface area contributed by atoms with Crippen molar-refractivity contribution in [2.75, 3.05) is 24.2 Å². The number of hydrogen-bond donors (Lipinski definition) is 0. The number of ether oxygens (including phenoxy) is 2. The highest BCUT2D eigenvalue weighted by Crippen LogP contribution is 2.51. The van der Waals surface area contributed by atoms with E-state index in [-0.39, 0.29) is 22.7 Å². The first-order valence-electron chi connectivity index (χ1n) is 11.2. The van der Waals surface area contributed by atoms with Crippen LogP contribution in [0, 0.1) is 23.0 Å². The Bertz CT molecular complexity index is 1360. The highest BCUT2D eigenvalue weighted by Gasteiger charge is 2.61. The Labute approximate surface area is 206 Å². The van der Waals surface area contributed by atoms with Crippen LogP contribution in [0.5, 0.6) is 11.5 Å². The topological polar surface area (TPSA) is 111 Å². The van der Waals surface area contributed by atoms with Crippen molar-refractivity contribution < 1.29 is 28.8 Å². The number of aryl methyl sites for hydroxylation is 1. The molecule has 10 heteroatoms. The van der Waals surface area contributed by atoms with E-state index in [9.17, 15) is 19.7 Å². The first-order valence-corrected chi connectivity index (χ1v) is 11.2. The molecule has 3 unspecified atom stereocenters. The third kappa shape index (κ3) is 3.54. The van der Waals surface area contributed by atoms with Crippen molar-refractivity contribution in [3.05, 3.63) is 88.0 Å². The van der Waals surface area contributed by atoms with Gasteiger partial charge in [0.2, 0.25) is 5.91 Å². The second-order valence-corrected chi connectivity index (χ2v) is 8.48. The lowest BCUT2D eigenvalue weighted by molar-refractivity contribution is -0.385. The molecule has 3 aromatic carbocycles. The van der Waals surface area contributed by atoms with Gasteiger partial charge in [-0.1, -0.05) is 36.4 Å². The van der Waals surface area contributed by atoms with Crippen molar-refractivity contribution in [2.45, 2.75) is 19.1 Å².